The quantitative estimate of drug-likeness (QED) is 0.273. The summed E-state index contributed by atoms with van der Waals surface area (Å²) in [6.07, 6.45) is 0.517. The standard InChI is InChI=1S/C22H40ClNO3SSi/c1-16-18(12-11-13-20(16)26-8)19(24-28(25)21(2,3)4)14-17(15-23)27-29(9,10)22(5,6)7/h11-13,17,19,24H,14-15H2,1-10H3/t17-,19-,28?/m0/s1. The van der Waals surface area contributed by atoms with Crippen LogP contribution in [0, 0.1) is 6.92 Å². The molecule has 29 heavy (non-hydrogen) atoms. The number of methoxy groups -OCH3 is 1. The molecule has 7 heteroatoms. The molecule has 0 saturated carbocycles. The van der Waals surface area contributed by atoms with E-state index in [9.17, 15) is 4.55 Å². The first-order valence-electron chi connectivity index (χ1n) is 10.2. The number of ether oxygens (including phenoxy) is 1. The lowest BCUT2D eigenvalue weighted by Crippen LogP contribution is -2.46. The molecular weight excluding hydrogens is 422 g/mol. The Hall–Kier alpha value is -0.243. The summed E-state index contributed by atoms with van der Waals surface area (Å²) in [4.78, 5) is 0. The lowest BCUT2D eigenvalue weighted by molar-refractivity contribution is 0.180. The molecule has 0 radical (unpaired) electrons. The van der Waals surface area contributed by atoms with Crippen molar-refractivity contribution in [3.05, 3.63) is 29.3 Å². The molecule has 1 aromatic carbocycles. The smallest absolute Gasteiger partial charge is 0.192 e. The van der Waals surface area contributed by atoms with Gasteiger partial charge < -0.3 is 13.7 Å². The van der Waals surface area contributed by atoms with Crippen LogP contribution in [0.15, 0.2) is 18.2 Å². The molecule has 168 valence electrons. The van der Waals surface area contributed by atoms with Crippen molar-refractivity contribution in [2.24, 2.45) is 0 Å². The van der Waals surface area contributed by atoms with E-state index in [1.54, 1.807) is 7.11 Å². The first-order valence-corrected chi connectivity index (χ1v) is 14.8. The van der Waals surface area contributed by atoms with Crippen molar-refractivity contribution in [3.8, 4) is 5.75 Å². The SMILES string of the molecule is COc1cccc([C@H](C[C@@H](CCl)O[Si](C)(C)C(C)(C)C)N[S+]([O-])C(C)(C)C)c1C. The molecule has 1 rings (SSSR count). The second-order valence-electron chi connectivity index (χ2n) is 10.1. The molecule has 1 N–H and O–H groups in total. The summed E-state index contributed by atoms with van der Waals surface area (Å²) in [5.41, 5.74) is 2.11. The third-order valence-corrected chi connectivity index (χ3v) is 12.2. The summed E-state index contributed by atoms with van der Waals surface area (Å²) in [6.45, 7) is 19.1. The second-order valence-corrected chi connectivity index (χ2v) is 17.2. The summed E-state index contributed by atoms with van der Waals surface area (Å²) in [5.74, 6) is 1.22. The Bertz CT molecular complexity index is 658. The maximum absolute atomic E-state index is 12.9. The van der Waals surface area contributed by atoms with E-state index in [2.05, 4.69) is 44.7 Å². The van der Waals surface area contributed by atoms with Crippen LogP contribution in [0.4, 0.5) is 0 Å². The highest BCUT2D eigenvalue weighted by Crippen LogP contribution is 2.39. The zero-order valence-electron chi connectivity index (χ0n) is 19.8. The molecule has 0 amide bonds. The van der Waals surface area contributed by atoms with Crippen LogP contribution in [-0.2, 0) is 15.8 Å². The van der Waals surface area contributed by atoms with Crippen molar-refractivity contribution in [1.29, 1.82) is 0 Å². The van der Waals surface area contributed by atoms with E-state index in [1.165, 1.54) is 0 Å². The van der Waals surface area contributed by atoms with Gasteiger partial charge in [0.15, 0.2) is 8.32 Å². The zero-order valence-corrected chi connectivity index (χ0v) is 22.4. The van der Waals surface area contributed by atoms with Gasteiger partial charge in [0.1, 0.15) is 10.5 Å². The average Bonchev–Trinajstić information content (AvgIpc) is 2.58. The minimum Gasteiger partial charge on any atom is -0.598 e. The van der Waals surface area contributed by atoms with Crippen molar-refractivity contribution >= 4 is 31.3 Å². The van der Waals surface area contributed by atoms with Crippen molar-refractivity contribution in [2.75, 3.05) is 13.0 Å². The van der Waals surface area contributed by atoms with E-state index in [1.807, 2.05) is 39.8 Å². The van der Waals surface area contributed by atoms with E-state index in [4.69, 9.17) is 20.8 Å². The topological polar surface area (TPSA) is 53.5 Å². The zero-order chi connectivity index (χ0) is 22.6. The van der Waals surface area contributed by atoms with Gasteiger partial charge in [0.05, 0.1) is 19.3 Å². The highest BCUT2D eigenvalue weighted by molar-refractivity contribution is 7.90. The summed E-state index contributed by atoms with van der Waals surface area (Å²) < 4.78 is 28.0. The van der Waals surface area contributed by atoms with E-state index in [0.29, 0.717) is 12.3 Å². The lowest BCUT2D eigenvalue weighted by atomic mass is 9.97. The van der Waals surface area contributed by atoms with E-state index < -0.39 is 19.7 Å². The average molecular weight is 462 g/mol. The highest BCUT2D eigenvalue weighted by Gasteiger charge is 2.40. The third kappa shape index (κ3) is 7.44. The third-order valence-electron chi connectivity index (χ3n) is 5.66. The van der Waals surface area contributed by atoms with E-state index >= 15 is 0 Å². The second kappa shape index (κ2) is 10.4. The summed E-state index contributed by atoms with van der Waals surface area (Å²) in [6, 6.07) is 5.83. The fourth-order valence-electron chi connectivity index (χ4n) is 2.77. The Morgan fingerprint density at radius 1 is 1.17 bits per heavy atom. The first kappa shape index (κ1) is 26.8. The van der Waals surface area contributed by atoms with Crippen LogP contribution < -0.4 is 9.46 Å². The Kier molecular flexibility index (Phi) is 9.59. The van der Waals surface area contributed by atoms with Crippen LogP contribution in [0.3, 0.4) is 0 Å². The Morgan fingerprint density at radius 2 is 1.76 bits per heavy atom. The van der Waals surface area contributed by atoms with Gasteiger partial charge in [-0.15, -0.1) is 16.3 Å². The van der Waals surface area contributed by atoms with E-state index in [-0.39, 0.29) is 21.9 Å². The molecular formula is C22H40ClNO3SSi. The number of hydrogen-bond donors (Lipinski definition) is 1. The van der Waals surface area contributed by atoms with Crippen LogP contribution in [-0.4, -0.2) is 36.7 Å². The largest absolute Gasteiger partial charge is 0.598 e. The van der Waals surface area contributed by atoms with Gasteiger partial charge in [0.25, 0.3) is 0 Å². The Balaban J connectivity index is 3.24. The van der Waals surface area contributed by atoms with Crippen LogP contribution >= 0.6 is 11.6 Å². The maximum Gasteiger partial charge on any atom is 0.192 e. The molecule has 0 aliphatic heterocycles. The van der Waals surface area contributed by atoms with Gasteiger partial charge in [-0.3, -0.25) is 0 Å². The molecule has 0 spiro atoms. The van der Waals surface area contributed by atoms with Gasteiger partial charge >= 0.3 is 0 Å². The van der Waals surface area contributed by atoms with Gasteiger partial charge in [-0.25, -0.2) is 0 Å². The summed E-state index contributed by atoms with van der Waals surface area (Å²) in [5, 5.41) is 0.0976. The lowest BCUT2D eigenvalue weighted by Gasteiger charge is -2.40. The highest BCUT2D eigenvalue weighted by atomic mass is 35.5. The number of nitrogens with one attached hydrogen (secondary N) is 1. The van der Waals surface area contributed by atoms with Crippen molar-refractivity contribution in [1.82, 2.24) is 4.72 Å². The predicted octanol–water partition coefficient (Wildman–Crippen LogP) is 6.12. The van der Waals surface area contributed by atoms with Gasteiger partial charge in [-0.2, -0.15) is 0 Å². The minimum absolute atomic E-state index is 0.0976. The molecule has 1 aromatic rings. The number of alkyl halides is 1. The van der Waals surface area contributed by atoms with Gasteiger partial charge in [-0.1, -0.05) is 32.9 Å². The number of hydrogen-bond acceptors (Lipinski definition) is 4. The molecule has 0 heterocycles. The van der Waals surface area contributed by atoms with Gasteiger partial charge in [-0.05, 0) is 69.4 Å². The molecule has 0 aliphatic rings. The fraction of sp³-hybridized carbons (Fsp3) is 0.727. The van der Waals surface area contributed by atoms with Crippen molar-refractivity contribution in [2.45, 2.75) is 89.9 Å². The van der Waals surface area contributed by atoms with Gasteiger partial charge in [0.2, 0.25) is 0 Å². The van der Waals surface area contributed by atoms with Crippen LogP contribution in [0.1, 0.15) is 65.1 Å². The molecule has 3 atom stereocenters. The molecule has 0 fully saturated rings. The van der Waals surface area contributed by atoms with E-state index in [0.717, 1.165) is 16.9 Å². The Morgan fingerprint density at radius 3 is 2.21 bits per heavy atom. The molecule has 0 aromatic heterocycles. The number of halogens is 1. The predicted molar refractivity (Wildman–Crippen MR) is 129 cm³/mol. The normalized spacial score (nSPS) is 16.4. The van der Waals surface area contributed by atoms with Crippen LogP contribution in [0.25, 0.3) is 0 Å². The monoisotopic (exact) mass is 461 g/mol. The minimum atomic E-state index is -1.98. The van der Waals surface area contributed by atoms with Crippen molar-refractivity contribution < 1.29 is 13.7 Å². The fourth-order valence-corrected chi connectivity index (χ4v) is 5.27. The van der Waals surface area contributed by atoms with Crippen LogP contribution in [0.2, 0.25) is 18.1 Å². The molecule has 0 bridgehead atoms. The molecule has 0 saturated heterocycles. The molecule has 4 nitrogen and oxygen atoms in total. The summed E-state index contributed by atoms with van der Waals surface area (Å²) >= 11 is 5.13. The van der Waals surface area contributed by atoms with Gasteiger partial charge in [0, 0.05) is 17.2 Å². The number of benzene rings is 1. The first-order chi connectivity index (χ1) is 13.1. The molecule has 0 aliphatic carbocycles. The van der Waals surface area contributed by atoms with Crippen molar-refractivity contribution in [3.63, 3.8) is 0 Å². The Labute approximate surface area is 187 Å². The summed E-state index contributed by atoms with van der Waals surface area (Å²) in [7, 11) is -0.307. The molecule has 1 unspecified atom stereocenters. The van der Waals surface area contributed by atoms with Crippen LogP contribution in [0.5, 0.6) is 5.75 Å². The maximum atomic E-state index is 12.9. The number of rotatable bonds is 9.